The summed E-state index contributed by atoms with van der Waals surface area (Å²) >= 11 is 0. The lowest BCUT2D eigenvalue weighted by Gasteiger charge is -2.38. The third-order valence-electron chi connectivity index (χ3n) is 8.57. The first-order valence-electron chi connectivity index (χ1n) is 13.2. The zero-order valence-electron chi connectivity index (χ0n) is 21.5. The summed E-state index contributed by atoms with van der Waals surface area (Å²) in [5.74, 6) is -1.89. The third kappa shape index (κ3) is 4.36. The van der Waals surface area contributed by atoms with Crippen molar-refractivity contribution in [2.24, 2.45) is 17.8 Å². The van der Waals surface area contributed by atoms with Crippen LogP contribution in [-0.4, -0.2) is 109 Å². The van der Waals surface area contributed by atoms with Crippen LogP contribution in [0.4, 0.5) is 0 Å². The second-order valence-electron chi connectivity index (χ2n) is 10.9. The predicted molar refractivity (Wildman–Crippen MR) is 128 cm³/mol. The predicted octanol–water partition coefficient (Wildman–Crippen LogP) is -0.257. The maximum atomic E-state index is 14.0. The van der Waals surface area contributed by atoms with Crippen LogP contribution in [0, 0.1) is 17.8 Å². The van der Waals surface area contributed by atoms with Gasteiger partial charge in [0.05, 0.1) is 43.3 Å². The first-order valence-corrected chi connectivity index (χ1v) is 13.2. The number of carbonyl (C=O) groups is 3. The van der Waals surface area contributed by atoms with Crippen molar-refractivity contribution in [1.29, 1.82) is 0 Å². The quantitative estimate of drug-likeness (QED) is 0.383. The lowest BCUT2D eigenvalue weighted by Crippen LogP contribution is -2.58. The van der Waals surface area contributed by atoms with E-state index in [2.05, 4.69) is 15.5 Å². The smallest absolute Gasteiger partial charge is 0.245 e. The molecule has 35 heavy (non-hydrogen) atoms. The summed E-state index contributed by atoms with van der Waals surface area (Å²) in [6, 6.07) is -1.38. The molecule has 10 heteroatoms. The van der Waals surface area contributed by atoms with Gasteiger partial charge in [0.15, 0.2) is 0 Å². The van der Waals surface area contributed by atoms with Gasteiger partial charge in [-0.15, -0.1) is 0 Å². The number of hydrogen-bond donors (Lipinski definition) is 3. The van der Waals surface area contributed by atoms with Crippen molar-refractivity contribution in [2.75, 3.05) is 53.0 Å². The largest absolute Gasteiger partial charge is 0.394 e. The topological polar surface area (TPSA) is 120 Å². The van der Waals surface area contributed by atoms with Gasteiger partial charge in [-0.3, -0.25) is 19.3 Å². The van der Waals surface area contributed by atoms with Crippen LogP contribution in [0.15, 0.2) is 0 Å². The van der Waals surface area contributed by atoms with Crippen LogP contribution >= 0.6 is 0 Å². The number of nitrogens with one attached hydrogen (secondary N) is 2. The summed E-state index contributed by atoms with van der Waals surface area (Å²) < 4.78 is 12.1. The van der Waals surface area contributed by atoms with Crippen molar-refractivity contribution < 1.29 is 29.0 Å². The maximum Gasteiger partial charge on any atom is 0.245 e. The Morgan fingerprint density at radius 3 is 2.51 bits per heavy atom. The fraction of sp³-hybridized carbons (Fsp3) is 0.880. The Balaban J connectivity index is 1.64. The minimum absolute atomic E-state index is 0.218. The molecule has 0 aromatic carbocycles. The highest BCUT2D eigenvalue weighted by Crippen LogP contribution is 2.64. The Labute approximate surface area is 208 Å². The molecule has 4 aliphatic rings. The van der Waals surface area contributed by atoms with E-state index in [1.54, 1.807) is 11.9 Å². The minimum atomic E-state index is -1.06. The normalized spacial score (nSPS) is 35.4. The number of likely N-dealkylation sites (tertiary alicyclic amines) is 1. The number of ether oxygens (including phenoxy) is 2. The first kappa shape index (κ1) is 26.3. The Morgan fingerprint density at radius 1 is 1.20 bits per heavy atom. The van der Waals surface area contributed by atoms with E-state index < -0.39 is 35.1 Å². The fourth-order valence-electron chi connectivity index (χ4n) is 6.98. The SMILES string of the molecule is CC[C@@]12CCC3(O1)C(C(=O)NCCN1CCOCC1)N([C@@H](CO)CC(C)C)C(=O)[C@@H]3[C@@H]2C(=O)NC. The summed E-state index contributed by atoms with van der Waals surface area (Å²) in [6.07, 6.45) is 2.33. The van der Waals surface area contributed by atoms with E-state index in [1.807, 2.05) is 20.8 Å². The summed E-state index contributed by atoms with van der Waals surface area (Å²) in [6.45, 7) is 9.96. The van der Waals surface area contributed by atoms with E-state index in [1.165, 1.54) is 0 Å². The maximum absolute atomic E-state index is 14.0. The molecule has 0 saturated carbocycles. The number of carbonyl (C=O) groups excluding carboxylic acids is 3. The molecule has 4 rings (SSSR count). The molecule has 6 atom stereocenters. The molecule has 2 bridgehead atoms. The summed E-state index contributed by atoms with van der Waals surface area (Å²) in [5.41, 5.74) is -1.80. The molecule has 4 heterocycles. The van der Waals surface area contributed by atoms with Crippen LogP contribution < -0.4 is 10.6 Å². The van der Waals surface area contributed by atoms with E-state index in [0.717, 1.165) is 13.1 Å². The first-order chi connectivity index (χ1) is 16.7. The second-order valence-corrected chi connectivity index (χ2v) is 10.9. The van der Waals surface area contributed by atoms with Crippen LogP contribution in [0.1, 0.15) is 46.5 Å². The van der Waals surface area contributed by atoms with Crippen LogP contribution in [0.5, 0.6) is 0 Å². The van der Waals surface area contributed by atoms with Gasteiger partial charge < -0.3 is 30.1 Å². The van der Waals surface area contributed by atoms with Gasteiger partial charge in [-0.25, -0.2) is 0 Å². The highest BCUT2D eigenvalue weighted by Gasteiger charge is 2.79. The highest BCUT2D eigenvalue weighted by molar-refractivity contribution is 5.99. The number of amides is 3. The zero-order valence-corrected chi connectivity index (χ0v) is 21.5. The Hall–Kier alpha value is -1.75. The van der Waals surface area contributed by atoms with Gasteiger partial charge >= 0.3 is 0 Å². The number of rotatable bonds is 10. The van der Waals surface area contributed by atoms with Crippen molar-refractivity contribution in [2.45, 2.75) is 69.7 Å². The minimum Gasteiger partial charge on any atom is -0.394 e. The second kappa shape index (κ2) is 10.3. The number of morpholine rings is 1. The van der Waals surface area contributed by atoms with Gasteiger partial charge in [0.2, 0.25) is 17.7 Å². The molecular formula is C25H42N4O6. The standard InChI is InChI=1S/C25H42N4O6/c1-5-24-6-7-25(35-24)19(18(24)21(31)26-4)23(33)29(17(15-30)14-16(2)3)20(25)22(32)27-8-9-28-10-12-34-13-11-28/h16-20,30H,5-15H2,1-4H3,(H,26,31)(H,27,32)/t17-,18-,19+,20?,24+,25?/m1/s1. The molecule has 2 unspecified atom stereocenters. The van der Waals surface area contributed by atoms with E-state index in [9.17, 15) is 19.5 Å². The molecule has 0 aromatic heterocycles. The van der Waals surface area contributed by atoms with Crippen LogP contribution in [0.3, 0.4) is 0 Å². The van der Waals surface area contributed by atoms with Gasteiger partial charge in [0.25, 0.3) is 0 Å². The molecule has 10 nitrogen and oxygen atoms in total. The fourth-order valence-corrected chi connectivity index (χ4v) is 6.98. The molecule has 0 aliphatic carbocycles. The summed E-state index contributed by atoms with van der Waals surface area (Å²) in [4.78, 5) is 44.7. The van der Waals surface area contributed by atoms with Crippen molar-refractivity contribution in [3.05, 3.63) is 0 Å². The average Bonchev–Trinajstić information content (AvgIpc) is 3.46. The van der Waals surface area contributed by atoms with Gasteiger partial charge in [0, 0.05) is 33.2 Å². The molecular weight excluding hydrogens is 452 g/mol. The monoisotopic (exact) mass is 494 g/mol. The molecule has 198 valence electrons. The van der Waals surface area contributed by atoms with E-state index in [0.29, 0.717) is 52.0 Å². The molecule has 3 amide bonds. The zero-order chi connectivity index (χ0) is 25.4. The summed E-state index contributed by atoms with van der Waals surface area (Å²) in [5, 5.41) is 16.1. The third-order valence-corrected chi connectivity index (χ3v) is 8.57. The Bertz CT molecular complexity index is 818. The van der Waals surface area contributed by atoms with Gasteiger partial charge in [-0.1, -0.05) is 20.8 Å². The number of aliphatic hydroxyl groups excluding tert-OH is 1. The lowest BCUT2D eigenvalue weighted by atomic mass is 9.65. The van der Waals surface area contributed by atoms with E-state index >= 15 is 0 Å². The number of hydrogen-bond acceptors (Lipinski definition) is 7. The molecule has 0 aromatic rings. The molecule has 3 N–H and O–H groups in total. The molecule has 4 aliphatic heterocycles. The highest BCUT2D eigenvalue weighted by atomic mass is 16.5. The Morgan fingerprint density at radius 2 is 1.91 bits per heavy atom. The van der Waals surface area contributed by atoms with Crippen molar-refractivity contribution in [3.8, 4) is 0 Å². The lowest BCUT2D eigenvalue weighted by molar-refractivity contribution is -0.151. The van der Waals surface area contributed by atoms with Gasteiger partial charge in [-0.2, -0.15) is 0 Å². The van der Waals surface area contributed by atoms with Gasteiger partial charge in [0.1, 0.15) is 11.6 Å². The number of aliphatic hydroxyl groups is 1. The van der Waals surface area contributed by atoms with Crippen molar-refractivity contribution >= 4 is 17.7 Å². The van der Waals surface area contributed by atoms with Crippen molar-refractivity contribution in [1.82, 2.24) is 20.4 Å². The van der Waals surface area contributed by atoms with Crippen molar-refractivity contribution in [3.63, 3.8) is 0 Å². The number of nitrogens with zero attached hydrogens (tertiary/aromatic N) is 2. The number of fused-ring (bicyclic) bond motifs is 1. The molecule has 0 radical (unpaired) electrons. The van der Waals surface area contributed by atoms with Crippen LogP contribution in [0.2, 0.25) is 0 Å². The van der Waals surface area contributed by atoms with Gasteiger partial charge in [-0.05, 0) is 31.6 Å². The summed E-state index contributed by atoms with van der Waals surface area (Å²) in [7, 11) is 1.58. The molecule has 4 saturated heterocycles. The molecule has 1 spiro atoms. The molecule has 4 fully saturated rings. The van der Waals surface area contributed by atoms with Crippen LogP contribution in [0.25, 0.3) is 0 Å². The van der Waals surface area contributed by atoms with E-state index in [4.69, 9.17) is 9.47 Å². The van der Waals surface area contributed by atoms with E-state index in [-0.39, 0.29) is 30.2 Å². The average molecular weight is 495 g/mol. The van der Waals surface area contributed by atoms with Crippen LogP contribution in [-0.2, 0) is 23.9 Å². The Kier molecular flexibility index (Phi) is 7.76.